The molecular weight excluding hydrogens is 238 g/mol. The van der Waals surface area contributed by atoms with Gasteiger partial charge in [-0.1, -0.05) is 6.92 Å². The molecule has 2 rings (SSSR count). The van der Waals surface area contributed by atoms with Crippen LogP contribution in [0, 0.1) is 13.8 Å². The van der Waals surface area contributed by atoms with Crippen LogP contribution in [0.4, 0.5) is 0 Å². The van der Waals surface area contributed by atoms with Crippen molar-refractivity contribution < 1.29 is 8.42 Å². The first-order chi connectivity index (χ1) is 7.98. The Bertz CT molecular complexity index is 487. The van der Waals surface area contributed by atoms with Gasteiger partial charge in [0.25, 0.3) is 0 Å². The van der Waals surface area contributed by atoms with Gasteiger partial charge in [0, 0.05) is 12.6 Å². The summed E-state index contributed by atoms with van der Waals surface area (Å²) in [6.45, 7) is 6.15. The largest absolute Gasteiger partial charge is 0.281 e. The predicted molar refractivity (Wildman–Crippen MR) is 65.3 cm³/mol. The third-order valence-corrected chi connectivity index (χ3v) is 5.64. The van der Waals surface area contributed by atoms with E-state index in [0.29, 0.717) is 22.8 Å². The number of nitrogens with zero attached hydrogens (tertiary/aromatic N) is 2. The van der Waals surface area contributed by atoms with Crippen LogP contribution in [-0.2, 0) is 10.0 Å². The van der Waals surface area contributed by atoms with Gasteiger partial charge in [-0.3, -0.25) is 5.10 Å². The number of rotatable bonds is 3. The van der Waals surface area contributed by atoms with Gasteiger partial charge in [0.2, 0.25) is 10.0 Å². The summed E-state index contributed by atoms with van der Waals surface area (Å²) in [5, 5.41) is 6.72. The lowest BCUT2D eigenvalue weighted by atomic mass is 10.2. The molecule has 1 fully saturated rings. The maximum absolute atomic E-state index is 12.6. The van der Waals surface area contributed by atoms with Crippen molar-refractivity contribution in [1.29, 1.82) is 0 Å². The fraction of sp³-hybridized carbons (Fsp3) is 0.727. The van der Waals surface area contributed by atoms with E-state index < -0.39 is 10.0 Å². The average Bonchev–Trinajstić information content (AvgIpc) is 2.85. The van der Waals surface area contributed by atoms with Crippen LogP contribution < -0.4 is 0 Å². The summed E-state index contributed by atoms with van der Waals surface area (Å²) in [5.41, 5.74) is 1.19. The normalized spacial score (nSPS) is 22.2. The Morgan fingerprint density at radius 3 is 2.71 bits per heavy atom. The van der Waals surface area contributed by atoms with Gasteiger partial charge < -0.3 is 0 Å². The van der Waals surface area contributed by atoms with Crippen molar-refractivity contribution in [2.45, 2.75) is 51.0 Å². The average molecular weight is 257 g/mol. The molecule has 0 amide bonds. The summed E-state index contributed by atoms with van der Waals surface area (Å²) in [6.07, 6.45) is 2.79. The highest BCUT2D eigenvalue weighted by Crippen LogP contribution is 2.29. The minimum absolute atomic E-state index is 0.147. The molecule has 0 saturated carbocycles. The van der Waals surface area contributed by atoms with Crippen LogP contribution in [0.3, 0.4) is 0 Å². The van der Waals surface area contributed by atoms with Crippen molar-refractivity contribution in [3.63, 3.8) is 0 Å². The summed E-state index contributed by atoms with van der Waals surface area (Å²) in [7, 11) is -3.38. The molecule has 1 atom stereocenters. The second-order valence-electron chi connectivity index (χ2n) is 4.58. The summed E-state index contributed by atoms with van der Waals surface area (Å²) in [4.78, 5) is 0.359. The van der Waals surface area contributed by atoms with Crippen molar-refractivity contribution in [3.8, 4) is 0 Å². The molecule has 5 nitrogen and oxygen atoms in total. The van der Waals surface area contributed by atoms with Crippen molar-refractivity contribution >= 4 is 10.0 Å². The summed E-state index contributed by atoms with van der Waals surface area (Å²) >= 11 is 0. The summed E-state index contributed by atoms with van der Waals surface area (Å²) < 4.78 is 26.8. The molecule has 17 heavy (non-hydrogen) atoms. The second kappa shape index (κ2) is 4.42. The number of aromatic amines is 1. The lowest BCUT2D eigenvalue weighted by Crippen LogP contribution is -2.35. The maximum Gasteiger partial charge on any atom is 0.246 e. The van der Waals surface area contributed by atoms with E-state index in [4.69, 9.17) is 0 Å². The molecule has 1 N–H and O–H groups in total. The summed E-state index contributed by atoms with van der Waals surface area (Å²) in [6, 6.07) is 0.147. The second-order valence-corrected chi connectivity index (χ2v) is 6.41. The SMILES string of the molecule is CCC1CCCN1S(=O)(=O)c1c(C)n[nH]c1C. The smallest absolute Gasteiger partial charge is 0.246 e. The van der Waals surface area contributed by atoms with E-state index in [2.05, 4.69) is 10.2 Å². The molecule has 1 aromatic rings. The van der Waals surface area contributed by atoms with E-state index in [0.717, 1.165) is 19.3 Å². The van der Waals surface area contributed by atoms with Crippen LogP contribution in [0.1, 0.15) is 37.6 Å². The monoisotopic (exact) mass is 257 g/mol. The third kappa shape index (κ3) is 1.99. The quantitative estimate of drug-likeness (QED) is 0.894. The number of H-pyrrole nitrogens is 1. The van der Waals surface area contributed by atoms with E-state index in [1.165, 1.54) is 0 Å². The summed E-state index contributed by atoms with van der Waals surface area (Å²) in [5.74, 6) is 0. The van der Waals surface area contributed by atoms with Gasteiger partial charge in [0.1, 0.15) is 4.90 Å². The van der Waals surface area contributed by atoms with Crippen molar-refractivity contribution in [1.82, 2.24) is 14.5 Å². The predicted octanol–water partition coefficient (Wildman–Crippen LogP) is 1.59. The zero-order valence-electron chi connectivity index (χ0n) is 10.5. The molecule has 0 radical (unpaired) electrons. The molecule has 2 heterocycles. The Morgan fingerprint density at radius 2 is 2.18 bits per heavy atom. The fourth-order valence-corrected chi connectivity index (χ4v) is 4.67. The molecule has 0 bridgehead atoms. The van der Waals surface area contributed by atoms with E-state index in [-0.39, 0.29) is 6.04 Å². The number of hydrogen-bond acceptors (Lipinski definition) is 3. The molecule has 0 aliphatic carbocycles. The number of aryl methyl sites for hydroxylation is 2. The Morgan fingerprint density at radius 1 is 1.47 bits per heavy atom. The van der Waals surface area contributed by atoms with Crippen LogP contribution in [0.5, 0.6) is 0 Å². The van der Waals surface area contributed by atoms with Gasteiger partial charge in [0.15, 0.2) is 0 Å². The van der Waals surface area contributed by atoms with Crippen molar-refractivity contribution in [2.24, 2.45) is 0 Å². The number of sulfonamides is 1. The Balaban J connectivity index is 2.43. The number of aromatic nitrogens is 2. The molecule has 1 aliphatic heterocycles. The first-order valence-corrected chi connectivity index (χ1v) is 7.46. The lowest BCUT2D eigenvalue weighted by Gasteiger charge is -2.22. The van der Waals surface area contributed by atoms with E-state index in [1.807, 2.05) is 6.92 Å². The van der Waals surface area contributed by atoms with Gasteiger partial charge in [-0.05, 0) is 33.1 Å². The van der Waals surface area contributed by atoms with Gasteiger partial charge >= 0.3 is 0 Å². The van der Waals surface area contributed by atoms with E-state index in [1.54, 1.807) is 18.2 Å². The van der Waals surface area contributed by atoms with E-state index >= 15 is 0 Å². The highest BCUT2D eigenvalue weighted by atomic mass is 32.2. The zero-order chi connectivity index (χ0) is 12.6. The molecule has 6 heteroatoms. The lowest BCUT2D eigenvalue weighted by molar-refractivity contribution is 0.379. The Labute approximate surface area is 102 Å². The molecule has 1 aliphatic rings. The van der Waals surface area contributed by atoms with Crippen LogP contribution >= 0.6 is 0 Å². The van der Waals surface area contributed by atoms with Gasteiger partial charge in [0.05, 0.1) is 11.4 Å². The molecule has 1 aromatic heterocycles. The first kappa shape index (κ1) is 12.6. The Hall–Kier alpha value is -0.880. The van der Waals surface area contributed by atoms with Crippen LogP contribution in [-0.4, -0.2) is 35.5 Å². The van der Waals surface area contributed by atoms with Crippen LogP contribution in [0.25, 0.3) is 0 Å². The van der Waals surface area contributed by atoms with Gasteiger partial charge in [-0.2, -0.15) is 9.40 Å². The Kier molecular flexibility index (Phi) is 3.27. The molecular formula is C11H19N3O2S. The minimum atomic E-state index is -3.38. The van der Waals surface area contributed by atoms with Crippen LogP contribution in [0.2, 0.25) is 0 Å². The molecule has 1 unspecified atom stereocenters. The maximum atomic E-state index is 12.6. The standard InChI is InChI=1S/C11H19N3O2S/c1-4-10-6-5-7-14(10)17(15,16)11-8(2)12-13-9(11)3/h10H,4-7H2,1-3H3,(H,12,13). The van der Waals surface area contributed by atoms with Crippen molar-refractivity contribution in [3.05, 3.63) is 11.4 Å². The molecule has 0 aromatic carbocycles. The number of hydrogen-bond donors (Lipinski definition) is 1. The third-order valence-electron chi connectivity index (χ3n) is 3.42. The molecule has 1 saturated heterocycles. The fourth-order valence-electron chi connectivity index (χ4n) is 2.57. The minimum Gasteiger partial charge on any atom is -0.281 e. The van der Waals surface area contributed by atoms with Crippen LogP contribution in [0.15, 0.2) is 4.90 Å². The number of nitrogens with one attached hydrogen (secondary N) is 1. The van der Waals surface area contributed by atoms with E-state index in [9.17, 15) is 8.42 Å². The first-order valence-electron chi connectivity index (χ1n) is 6.02. The van der Waals surface area contributed by atoms with Gasteiger partial charge in [-0.25, -0.2) is 8.42 Å². The zero-order valence-corrected chi connectivity index (χ0v) is 11.3. The topological polar surface area (TPSA) is 66.1 Å². The molecule has 0 spiro atoms. The highest BCUT2D eigenvalue weighted by Gasteiger charge is 2.36. The van der Waals surface area contributed by atoms with Crippen molar-refractivity contribution in [2.75, 3.05) is 6.54 Å². The van der Waals surface area contributed by atoms with Gasteiger partial charge in [-0.15, -0.1) is 0 Å². The highest BCUT2D eigenvalue weighted by molar-refractivity contribution is 7.89. The molecule has 96 valence electrons.